The molecule has 196 valence electrons. The van der Waals surface area contributed by atoms with Crippen molar-refractivity contribution in [2.75, 3.05) is 50.5 Å². The van der Waals surface area contributed by atoms with Crippen LogP contribution in [-0.2, 0) is 20.0 Å². The molecule has 2 aliphatic heterocycles. The summed E-state index contributed by atoms with van der Waals surface area (Å²) in [6.07, 6.45) is 3.87. The van der Waals surface area contributed by atoms with Gasteiger partial charge >= 0.3 is 0 Å². The van der Waals surface area contributed by atoms with Gasteiger partial charge in [0.25, 0.3) is 5.91 Å². The highest BCUT2D eigenvalue weighted by molar-refractivity contribution is 7.89. The van der Waals surface area contributed by atoms with E-state index in [1.165, 1.54) is 42.7 Å². The quantitative estimate of drug-likeness (QED) is 0.585. The number of anilines is 2. The first-order valence-corrected chi connectivity index (χ1v) is 15.1. The molecule has 0 saturated carbocycles. The molecule has 2 aromatic rings. The Hall–Kier alpha value is -2.47. The predicted molar refractivity (Wildman–Crippen MR) is 140 cm³/mol. The second kappa shape index (κ2) is 10.5. The summed E-state index contributed by atoms with van der Waals surface area (Å²) in [4.78, 5) is 15.6. The van der Waals surface area contributed by atoms with Gasteiger partial charge in [0, 0.05) is 51.6 Å². The van der Waals surface area contributed by atoms with Crippen molar-refractivity contribution < 1.29 is 21.6 Å². The zero-order valence-corrected chi connectivity index (χ0v) is 22.6. The number of piperidine rings is 1. The van der Waals surface area contributed by atoms with E-state index in [-0.39, 0.29) is 15.4 Å². The first-order valence-electron chi connectivity index (χ1n) is 12.2. The van der Waals surface area contributed by atoms with Crippen LogP contribution in [0.4, 0.5) is 11.4 Å². The molecule has 0 spiro atoms. The molecule has 0 bridgehead atoms. The molecule has 1 amide bonds. The van der Waals surface area contributed by atoms with E-state index in [0.717, 1.165) is 43.1 Å². The van der Waals surface area contributed by atoms with E-state index in [1.807, 2.05) is 0 Å². The van der Waals surface area contributed by atoms with Crippen molar-refractivity contribution in [3.05, 3.63) is 48.0 Å². The van der Waals surface area contributed by atoms with Crippen LogP contribution in [0.15, 0.2) is 52.3 Å². The van der Waals surface area contributed by atoms with Crippen LogP contribution in [0, 0.1) is 5.92 Å². The number of hydrogen-bond donors (Lipinski definition) is 1. The van der Waals surface area contributed by atoms with E-state index >= 15 is 0 Å². The lowest BCUT2D eigenvalue weighted by atomic mass is 10.0. The Bertz CT molecular complexity index is 1320. The van der Waals surface area contributed by atoms with Crippen LogP contribution in [0.2, 0.25) is 0 Å². The van der Waals surface area contributed by atoms with Gasteiger partial charge in [0.2, 0.25) is 20.0 Å². The third-order valence-electron chi connectivity index (χ3n) is 6.81. The van der Waals surface area contributed by atoms with Crippen LogP contribution in [0.1, 0.15) is 43.0 Å². The molecule has 9 nitrogen and oxygen atoms in total. The van der Waals surface area contributed by atoms with Crippen molar-refractivity contribution >= 4 is 37.3 Å². The van der Waals surface area contributed by atoms with E-state index in [2.05, 4.69) is 17.1 Å². The zero-order chi connectivity index (χ0) is 26.1. The molecule has 11 heteroatoms. The van der Waals surface area contributed by atoms with Gasteiger partial charge in [-0.2, -0.15) is 4.31 Å². The molecule has 2 aliphatic rings. The molecule has 1 N–H and O–H groups in total. The van der Waals surface area contributed by atoms with Crippen LogP contribution < -0.4 is 10.2 Å². The number of nitrogens with one attached hydrogen (secondary N) is 1. The molecule has 0 aromatic heterocycles. The maximum atomic E-state index is 13.3. The Morgan fingerprint density at radius 3 is 2.17 bits per heavy atom. The van der Waals surface area contributed by atoms with Gasteiger partial charge < -0.3 is 10.2 Å². The van der Waals surface area contributed by atoms with Gasteiger partial charge in [-0.1, -0.05) is 6.92 Å². The highest BCUT2D eigenvalue weighted by Gasteiger charge is 2.29. The molecule has 1 atom stereocenters. The van der Waals surface area contributed by atoms with Crippen LogP contribution in [0.5, 0.6) is 0 Å². The molecule has 2 heterocycles. The Kier molecular flexibility index (Phi) is 7.75. The average molecular weight is 535 g/mol. The smallest absolute Gasteiger partial charge is 0.257 e. The largest absolute Gasteiger partial charge is 0.371 e. The summed E-state index contributed by atoms with van der Waals surface area (Å²) >= 11 is 0. The minimum atomic E-state index is -3.72. The first kappa shape index (κ1) is 26.6. The number of benzene rings is 2. The van der Waals surface area contributed by atoms with Crippen LogP contribution in [-0.4, -0.2) is 71.6 Å². The van der Waals surface area contributed by atoms with Crippen LogP contribution >= 0.6 is 0 Å². The second-order valence-corrected chi connectivity index (χ2v) is 13.8. The van der Waals surface area contributed by atoms with Gasteiger partial charge in [0.1, 0.15) is 0 Å². The Balaban J connectivity index is 1.59. The molecule has 2 saturated heterocycles. The number of hydrogen-bond acceptors (Lipinski definition) is 6. The van der Waals surface area contributed by atoms with Crippen LogP contribution in [0.25, 0.3) is 0 Å². The molecule has 36 heavy (non-hydrogen) atoms. The summed E-state index contributed by atoms with van der Waals surface area (Å²) in [6.45, 7) is 4.65. The van der Waals surface area contributed by atoms with E-state index in [1.54, 1.807) is 18.2 Å². The Morgan fingerprint density at radius 1 is 0.917 bits per heavy atom. The normalized spacial score (nSPS) is 19.6. The highest BCUT2D eigenvalue weighted by Crippen LogP contribution is 2.29. The minimum absolute atomic E-state index is 0.0396. The van der Waals surface area contributed by atoms with E-state index in [0.29, 0.717) is 30.4 Å². The fourth-order valence-corrected chi connectivity index (χ4v) is 7.25. The molecular formula is C25H34N4O5S2. The summed E-state index contributed by atoms with van der Waals surface area (Å²) in [5.74, 6) is -0.128. The topological polar surface area (TPSA) is 107 Å². The van der Waals surface area contributed by atoms with Gasteiger partial charge in [-0.05, 0) is 74.1 Å². The zero-order valence-electron chi connectivity index (χ0n) is 21.0. The number of rotatable bonds is 7. The van der Waals surface area contributed by atoms with Crippen molar-refractivity contribution in [1.29, 1.82) is 0 Å². The van der Waals surface area contributed by atoms with E-state index in [9.17, 15) is 21.6 Å². The third kappa shape index (κ3) is 5.44. The monoisotopic (exact) mass is 534 g/mol. The van der Waals surface area contributed by atoms with Gasteiger partial charge in [-0.3, -0.25) is 4.79 Å². The van der Waals surface area contributed by atoms with Crippen molar-refractivity contribution in [2.45, 2.75) is 42.4 Å². The van der Waals surface area contributed by atoms with E-state index < -0.39 is 26.0 Å². The maximum absolute atomic E-state index is 13.3. The highest BCUT2D eigenvalue weighted by atomic mass is 32.2. The molecular weight excluding hydrogens is 500 g/mol. The number of carbonyl (C=O) groups is 1. The number of sulfonamides is 2. The summed E-state index contributed by atoms with van der Waals surface area (Å²) in [5, 5.41) is 2.81. The molecule has 0 aliphatic carbocycles. The fraction of sp³-hybridized carbons (Fsp3) is 0.480. The van der Waals surface area contributed by atoms with Gasteiger partial charge in [-0.15, -0.1) is 0 Å². The number of nitrogens with zero attached hydrogens (tertiary/aromatic N) is 3. The van der Waals surface area contributed by atoms with Gasteiger partial charge in [0.05, 0.1) is 15.4 Å². The first-order chi connectivity index (χ1) is 17.0. The summed E-state index contributed by atoms with van der Waals surface area (Å²) in [5.41, 5.74) is 1.37. The van der Waals surface area contributed by atoms with Crippen LogP contribution in [0.3, 0.4) is 0 Å². The molecule has 0 radical (unpaired) electrons. The van der Waals surface area contributed by atoms with Gasteiger partial charge in [0.15, 0.2) is 0 Å². The Morgan fingerprint density at radius 2 is 1.56 bits per heavy atom. The van der Waals surface area contributed by atoms with Crippen molar-refractivity contribution in [2.24, 2.45) is 5.92 Å². The molecule has 1 unspecified atom stereocenters. The standard InChI is InChI=1S/C25H34N4O5S2/c1-19-7-6-16-29(18-19)36(33,34)21-10-8-20(9-11-21)26-25(30)23-17-22(35(31,32)27(2)3)12-13-24(23)28-14-4-5-15-28/h8-13,17,19H,4-7,14-16,18H2,1-3H3,(H,26,30). The lowest BCUT2D eigenvalue weighted by Crippen LogP contribution is -2.39. The number of amides is 1. The second-order valence-electron chi connectivity index (χ2n) is 9.75. The third-order valence-corrected chi connectivity index (χ3v) is 10.5. The lowest BCUT2D eigenvalue weighted by molar-refractivity contribution is 0.102. The van der Waals surface area contributed by atoms with Crippen molar-refractivity contribution in [3.63, 3.8) is 0 Å². The lowest BCUT2D eigenvalue weighted by Gasteiger charge is -2.30. The molecule has 2 fully saturated rings. The minimum Gasteiger partial charge on any atom is -0.371 e. The van der Waals surface area contributed by atoms with Crippen molar-refractivity contribution in [1.82, 2.24) is 8.61 Å². The summed E-state index contributed by atoms with van der Waals surface area (Å²) in [6, 6.07) is 10.8. The predicted octanol–water partition coefficient (Wildman–Crippen LogP) is 3.21. The summed E-state index contributed by atoms with van der Waals surface area (Å²) in [7, 11) is -4.42. The Labute approximate surface area is 214 Å². The number of carbonyl (C=O) groups excluding carboxylic acids is 1. The summed E-state index contributed by atoms with van der Waals surface area (Å²) < 4.78 is 54.1. The van der Waals surface area contributed by atoms with E-state index in [4.69, 9.17) is 0 Å². The molecule has 4 rings (SSSR count). The fourth-order valence-electron chi connectivity index (χ4n) is 4.72. The van der Waals surface area contributed by atoms with Gasteiger partial charge in [-0.25, -0.2) is 21.1 Å². The average Bonchev–Trinajstić information content (AvgIpc) is 3.39. The molecule has 2 aromatic carbocycles. The van der Waals surface area contributed by atoms with Crippen molar-refractivity contribution in [3.8, 4) is 0 Å². The maximum Gasteiger partial charge on any atom is 0.257 e. The SMILES string of the molecule is CC1CCCN(S(=O)(=O)c2ccc(NC(=O)c3cc(S(=O)(=O)N(C)C)ccc3N3CCCC3)cc2)C1.